The second kappa shape index (κ2) is 10.4. The lowest BCUT2D eigenvalue weighted by Gasteiger charge is -2.29. The normalized spacial score (nSPS) is 13.2. The van der Waals surface area contributed by atoms with E-state index in [-0.39, 0.29) is 18.0 Å². The van der Waals surface area contributed by atoms with Gasteiger partial charge in [0, 0.05) is 18.6 Å². The molecule has 0 aliphatic carbocycles. The van der Waals surface area contributed by atoms with Crippen LogP contribution in [0.4, 0.5) is 0 Å². The first kappa shape index (κ1) is 22.8. The number of oxazole rings is 1. The van der Waals surface area contributed by atoms with Crippen LogP contribution in [-0.2, 0) is 13.1 Å². The third-order valence-corrected chi connectivity index (χ3v) is 5.81. The first-order valence-electron chi connectivity index (χ1n) is 11.0. The summed E-state index contributed by atoms with van der Waals surface area (Å²) in [6.45, 7) is 11.7. The predicted molar refractivity (Wildman–Crippen MR) is 124 cm³/mol. The molecule has 31 heavy (non-hydrogen) atoms. The number of amides is 1. The summed E-state index contributed by atoms with van der Waals surface area (Å²) in [5.41, 5.74) is 5.36. The van der Waals surface area contributed by atoms with Crippen molar-refractivity contribution in [1.29, 1.82) is 0 Å². The van der Waals surface area contributed by atoms with Crippen molar-refractivity contribution in [3.8, 4) is 0 Å². The van der Waals surface area contributed by atoms with Crippen molar-refractivity contribution in [3.63, 3.8) is 0 Å². The molecule has 2 aromatic carbocycles. The summed E-state index contributed by atoms with van der Waals surface area (Å²) in [5.74, 6) is 0.350. The van der Waals surface area contributed by atoms with Gasteiger partial charge < -0.3 is 9.73 Å². The van der Waals surface area contributed by atoms with Crippen molar-refractivity contribution in [3.05, 3.63) is 88.6 Å². The lowest BCUT2D eigenvalue weighted by Crippen LogP contribution is -2.32. The van der Waals surface area contributed by atoms with Crippen molar-refractivity contribution in [2.45, 2.75) is 66.2 Å². The second-order valence-corrected chi connectivity index (χ2v) is 8.33. The predicted octanol–water partition coefficient (Wildman–Crippen LogP) is 5.58. The Morgan fingerprint density at radius 1 is 1.10 bits per heavy atom. The quantitative estimate of drug-likeness (QED) is 0.492. The van der Waals surface area contributed by atoms with E-state index in [1.165, 1.54) is 28.5 Å². The topological polar surface area (TPSA) is 58.4 Å². The molecule has 164 valence electrons. The summed E-state index contributed by atoms with van der Waals surface area (Å²) >= 11 is 0. The first-order chi connectivity index (χ1) is 14.9. The van der Waals surface area contributed by atoms with E-state index in [4.69, 9.17) is 4.42 Å². The van der Waals surface area contributed by atoms with Crippen LogP contribution < -0.4 is 5.32 Å². The minimum atomic E-state index is -0.193. The minimum Gasteiger partial charge on any atom is -0.447 e. The summed E-state index contributed by atoms with van der Waals surface area (Å²) < 4.78 is 5.69. The van der Waals surface area contributed by atoms with E-state index in [2.05, 4.69) is 78.4 Å². The highest BCUT2D eigenvalue weighted by Gasteiger charge is 2.21. The Balaban J connectivity index is 1.82. The molecule has 0 aliphatic rings. The smallest absolute Gasteiger partial charge is 0.273 e. The molecule has 3 aromatic rings. The average Bonchev–Trinajstić information content (AvgIpc) is 3.23. The van der Waals surface area contributed by atoms with E-state index < -0.39 is 0 Å². The van der Waals surface area contributed by atoms with Gasteiger partial charge in [-0.05, 0) is 50.8 Å². The van der Waals surface area contributed by atoms with Crippen molar-refractivity contribution >= 4 is 5.91 Å². The van der Waals surface area contributed by atoms with Gasteiger partial charge in [-0.25, -0.2) is 4.98 Å². The minimum absolute atomic E-state index is 0.103. The highest BCUT2D eigenvalue weighted by Crippen LogP contribution is 2.25. The van der Waals surface area contributed by atoms with Crippen LogP contribution in [0.15, 0.2) is 59.2 Å². The number of carbonyl (C=O) groups excluding carboxylic acids is 1. The standard InChI is InChI=1S/C26H33N3O2/c1-6-20(4)27-26(30)24-17-31-25(28-24)16-29(21(5)22-10-8-7-9-11-22)15-23-13-12-18(2)14-19(23)3/h7-14,17,20-21H,6,15-16H2,1-5H3,(H,27,30)/t20-,21-/m1/s1. The fourth-order valence-corrected chi connectivity index (χ4v) is 3.58. The molecule has 0 bridgehead atoms. The zero-order chi connectivity index (χ0) is 22.4. The Labute approximate surface area is 185 Å². The Morgan fingerprint density at radius 2 is 1.84 bits per heavy atom. The monoisotopic (exact) mass is 419 g/mol. The zero-order valence-corrected chi connectivity index (χ0v) is 19.2. The Morgan fingerprint density at radius 3 is 2.52 bits per heavy atom. The maximum atomic E-state index is 12.4. The van der Waals surface area contributed by atoms with Gasteiger partial charge in [-0.2, -0.15) is 0 Å². The number of nitrogens with one attached hydrogen (secondary N) is 1. The van der Waals surface area contributed by atoms with E-state index in [1.807, 2.05) is 19.9 Å². The molecule has 5 heteroatoms. The molecule has 0 unspecified atom stereocenters. The van der Waals surface area contributed by atoms with E-state index in [9.17, 15) is 4.79 Å². The molecule has 1 heterocycles. The third kappa shape index (κ3) is 6.05. The van der Waals surface area contributed by atoms with Gasteiger partial charge in [-0.3, -0.25) is 9.69 Å². The van der Waals surface area contributed by atoms with Crippen molar-refractivity contribution in [2.75, 3.05) is 0 Å². The molecular weight excluding hydrogens is 386 g/mol. The molecule has 1 aromatic heterocycles. The van der Waals surface area contributed by atoms with Crippen LogP contribution in [0, 0.1) is 13.8 Å². The van der Waals surface area contributed by atoms with Crippen LogP contribution in [0.1, 0.15) is 71.9 Å². The number of nitrogens with zero attached hydrogens (tertiary/aromatic N) is 2. The molecule has 0 fully saturated rings. The molecule has 1 amide bonds. The van der Waals surface area contributed by atoms with Crippen LogP contribution in [0.3, 0.4) is 0 Å². The van der Waals surface area contributed by atoms with Gasteiger partial charge in [-0.15, -0.1) is 0 Å². The van der Waals surface area contributed by atoms with Gasteiger partial charge in [0.15, 0.2) is 5.69 Å². The van der Waals surface area contributed by atoms with Gasteiger partial charge in [0.2, 0.25) is 5.89 Å². The molecule has 0 radical (unpaired) electrons. The number of rotatable bonds is 9. The van der Waals surface area contributed by atoms with Crippen LogP contribution in [-0.4, -0.2) is 21.8 Å². The second-order valence-electron chi connectivity index (χ2n) is 8.33. The van der Waals surface area contributed by atoms with Crippen molar-refractivity contribution in [2.24, 2.45) is 0 Å². The van der Waals surface area contributed by atoms with Crippen LogP contribution >= 0.6 is 0 Å². The summed E-state index contributed by atoms with van der Waals surface area (Å²) in [4.78, 5) is 19.2. The average molecular weight is 420 g/mol. The van der Waals surface area contributed by atoms with Gasteiger partial charge in [0.1, 0.15) is 6.26 Å². The molecule has 2 atom stereocenters. The van der Waals surface area contributed by atoms with Gasteiger partial charge in [0.05, 0.1) is 6.54 Å². The Kier molecular flexibility index (Phi) is 7.64. The number of hydrogen-bond acceptors (Lipinski definition) is 4. The van der Waals surface area contributed by atoms with Crippen LogP contribution in [0.2, 0.25) is 0 Å². The van der Waals surface area contributed by atoms with E-state index in [1.54, 1.807) is 0 Å². The molecule has 0 saturated heterocycles. The van der Waals surface area contributed by atoms with E-state index in [0.29, 0.717) is 18.1 Å². The lowest BCUT2D eigenvalue weighted by molar-refractivity contribution is 0.0934. The molecule has 1 N–H and O–H groups in total. The van der Waals surface area contributed by atoms with E-state index in [0.717, 1.165) is 13.0 Å². The van der Waals surface area contributed by atoms with Crippen LogP contribution in [0.25, 0.3) is 0 Å². The molecule has 0 aliphatic heterocycles. The first-order valence-corrected chi connectivity index (χ1v) is 11.0. The van der Waals surface area contributed by atoms with Gasteiger partial charge in [-0.1, -0.05) is 61.0 Å². The zero-order valence-electron chi connectivity index (χ0n) is 19.2. The number of aryl methyl sites for hydroxylation is 2. The van der Waals surface area contributed by atoms with Gasteiger partial charge in [0.25, 0.3) is 5.91 Å². The Hall–Kier alpha value is -2.92. The maximum Gasteiger partial charge on any atom is 0.273 e. The summed E-state index contributed by atoms with van der Waals surface area (Å²) in [7, 11) is 0. The van der Waals surface area contributed by atoms with Crippen molar-refractivity contribution in [1.82, 2.24) is 15.2 Å². The SMILES string of the molecule is CC[C@@H](C)NC(=O)c1coc(CN(Cc2ccc(C)cc2C)[C@H](C)c2ccccc2)n1. The highest BCUT2D eigenvalue weighted by molar-refractivity contribution is 5.92. The van der Waals surface area contributed by atoms with E-state index >= 15 is 0 Å². The fraction of sp³-hybridized carbons (Fsp3) is 0.385. The highest BCUT2D eigenvalue weighted by atomic mass is 16.3. The number of hydrogen-bond donors (Lipinski definition) is 1. The number of aromatic nitrogens is 1. The van der Waals surface area contributed by atoms with Crippen molar-refractivity contribution < 1.29 is 9.21 Å². The maximum absolute atomic E-state index is 12.4. The molecule has 5 nitrogen and oxygen atoms in total. The van der Waals surface area contributed by atoms with Gasteiger partial charge >= 0.3 is 0 Å². The molecular formula is C26H33N3O2. The Bertz CT molecular complexity index is 997. The number of carbonyl (C=O) groups is 1. The fourth-order valence-electron chi connectivity index (χ4n) is 3.58. The summed E-state index contributed by atoms with van der Waals surface area (Å²) in [6, 6.07) is 17.2. The van der Waals surface area contributed by atoms with Crippen LogP contribution in [0.5, 0.6) is 0 Å². The summed E-state index contributed by atoms with van der Waals surface area (Å²) in [5, 5.41) is 2.94. The summed E-state index contributed by atoms with van der Waals surface area (Å²) in [6.07, 6.45) is 2.32. The molecule has 0 saturated carbocycles. The number of benzene rings is 2. The third-order valence-electron chi connectivity index (χ3n) is 5.81. The molecule has 0 spiro atoms. The largest absolute Gasteiger partial charge is 0.447 e. The lowest BCUT2D eigenvalue weighted by atomic mass is 10.0. The molecule has 3 rings (SSSR count).